The molecule has 1 unspecified atom stereocenters. The van der Waals surface area contributed by atoms with Gasteiger partial charge < -0.3 is 14.8 Å². The predicted molar refractivity (Wildman–Crippen MR) is 88.8 cm³/mol. The quantitative estimate of drug-likeness (QED) is 0.760. The molecule has 0 aliphatic carbocycles. The minimum Gasteiger partial charge on any atom is -0.379 e. The topological polar surface area (TPSA) is 65.4 Å². The molecule has 23 heavy (non-hydrogen) atoms. The molecule has 1 amide bonds. The molecule has 6 nitrogen and oxygen atoms in total. The van der Waals surface area contributed by atoms with Gasteiger partial charge in [0.05, 0.1) is 18.9 Å². The number of nitrogens with one attached hydrogen (secondary N) is 1. The Kier molecular flexibility index (Phi) is 6.31. The van der Waals surface area contributed by atoms with Crippen LogP contribution in [0.15, 0.2) is 36.5 Å². The molecular formula is C17H23N3O3. The van der Waals surface area contributed by atoms with Gasteiger partial charge in [0.25, 0.3) is 5.91 Å². The Bertz CT molecular complexity index is 640. The van der Waals surface area contributed by atoms with Gasteiger partial charge in [-0.05, 0) is 45.0 Å². The number of hydrogen-bond donors (Lipinski definition) is 1. The number of hydrogen-bond acceptors (Lipinski definition) is 4. The molecule has 0 radical (unpaired) electrons. The molecule has 0 fully saturated rings. The highest BCUT2D eigenvalue weighted by molar-refractivity contribution is 5.94. The van der Waals surface area contributed by atoms with Crippen molar-refractivity contribution in [3.8, 4) is 5.69 Å². The zero-order valence-electron chi connectivity index (χ0n) is 13.8. The first-order valence-electron chi connectivity index (χ1n) is 7.73. The number of carbonyl (C=O) groups excluding carboxylic acids is 1. The molecule has 2 aromatic rings. The summed E-state index contributed by atoms with van der Waals surface area (Å²) in [7, 11) is 0. The molecule has 1 atom stereocenters. The number of aromatic nitrogens is 2. The van der Waals surface area contributed by atoms with Gasteiger partial charge in [-0.3, -0.25) is 4.79 Å². The molecule has 0 bridgehead atoms. The molecule has 0 spiro atoms. The Morgan fingerprint density at radius 1 is 1.35 bits per heavy atom. The van der Waals surface area contributed by atoms with Crippen LogP contribution in [0.25, 0.3) is 5.69 Å². The van der Waals surface area contributed by atoms with E-state index in [2.05, 4.69) is 10.4 Å². The van der Waals surface area contributed by atoms with Crippen LogP contribution >= 0.6 is 0 Å². The zero-order chi connectivity index (χ0) is 16.7. The highest BCUT2D eigenvalue weighted by Crippen LogP contribution is 2.16. The molecule has 0 aliphatic rings. The van der Waals surface area contributed by atoms with Gasteiger partial charge in [-0.2, -0.15) is 5.10 Å². The third-order valence-electron chi connectivity index (χ3n) is 3.36. The molecule has 6 heteroatoms. The van der Waals surface area contributed by atoms with E-state index in [4.69, 9.17) is 9.47 Å². The Morgan fingerprint density at radius 2 is 2.17 bits per heavy atom. The van der Waals surface area contributed by atoms with Gasteiger partial charge in [0.2, 0.25) is 0 Å². The van der Waals surface area contributed by atoms with Gasteiger partial charge in [0.1, 0.15) is 6.10 Å². The summed E-state index contributed by atoms with van der Waals surface area (Å²) in [6.45, 7) is 7.15. The van der Waals surface area contributed by atoms with Crippen molar-refractivity contribution in [1.29, 1.82) is 0 Å². The van der Waals surface area contributed by atoms with E-state index in [9.17, 15) is 4.79 Å². The number of nitrogens with zero attached hydrogens (tertiary/aromatic N) is 2. The lowest BCUT2D eigenvalue weighted by molar-refractivity contribution is -0.127. The molecule has 1 N–H and O–H groups in total. The number of aryl methyl sites for hydroxylation is 1. The Hall–Kier alpha value is -2.18. The smallest absolute Gasteiger partial charge is 0.253 e. The SMILES string of the molecule is CCOCCOC(C)C(=O)Nc1cccc(-n2nccc2C)c1. The maximum absolute atomic E-state index is 12.1. The van der Waals surface area contributed by atoms with Crippen LogP contribution in [0, 0.1) is 6.92 Å². The van der Waals surface area contributed by atoms with Crippen molar-refractivity contribution in [1.82, 2.24) is 9.78 Å². The first-order valence-corrected chi connectivity index (χ1v) is 7.73. The molecule has 0 aliphatic heterocycles. The fourth-order valence-corrected chi connectivity index (χ4v) is 2.10. The monoisotopic (exact) mass is 317 g/mol. The molecule has 1 aromatic heterocycles. The van der Waals surface area contributed by atoms with Crippen molar-refractivity contribution >= 4 is 11.6 Å². The molecule has 1 aromatic carbocycles. The molecule has 0 saturated carbocycles. The lowest BCUT2D eigenvalue weighted by Gasteiger charge is -2.14. The van der Waals surface area contributed by atoms with Crippen LogP contribution in [-0.2, 0) is 14.3 Å². The van der Waals surface area contributed by atoms with E-state index >= 15 is 0 Å². The van der Waals surface area contributed by atoms with E-state index in [0.29, 0.717) is 25.5 Å². The Labute approximate surface area is 136 Å². The highest BCUT2D eigenvalue weighted by atomic mass is 16.5. The van der Waals surface area contributed by atoms with E-state index in [0.717, 1.165) is 11.4 Å². The zero-order valence-corrected chi connectivity index (χ0v) is 13.8. The lowest BCUT2D eigenvalue weighted by atomic mass is 10.2. The van der Waals surface area contributed by atoms with Crippen LogP contribution in [0.2, 0.25) is 0 Å². The Balaban J connectivity index is 1.95. The summed E-state index contributed by atoms with van der Waals surface area (Å²) in [5.74, 6) is -0.184. The van der Waals surface area contributed by atoms with Crippen molar-refractivity contribution < 1.29 is 14.3 Å². The van der Waals surface area contributed by atoms with Crippen LogP contribution in [0.1, 0.15) is 19.5 Å². The van der Waals surface area contributed by atoms with Crippen LogP contribution in [-0.4, -0.2) is 41.6 Å². The van der Waals surface area contributed by atoms with Crippen molar-refractivity contribution in [3.63, 3.8) is 0 Å². The number of carbonyl (C=O) groups is 1. The van der Waals surface area contributed by atoms with Gasteiger partial charge in [0, 0.05) is 24.2 Å². The maximum atomic E-state index is 12.1. The molecule has 0 saturated heterocycles. The van der Waals surface area contributed by atoms with Crippen LogP contribution in [0.4, 0.5) is 5.69 Å². The summed E-state index contributed by atoms with van der Waals surface area (Å²) in [4.78, 5) is 12.1. The summed E-state index contributed by atoms with van der Waals surface area (Å²) < 4.78 is 12.4. The van der Waals surface area contributed by atoms with Gasteiger partial charge in [-0.1, -0.05) is 6.07 Å². The second-order valence-corrected chi connectivity index (χ2v) is 5.13. The summed E-state index contributed by atoms with van der Waals surface area (Å²) in [6.07, 6.45) is 1.21. The summed E-state index contributed by atoms with van der Waals surface area (Å²) in [5, 5.41) is 7.12. The molecule has 124 valence electrons. The number of rotatable bonds is 8. The summed E-state index contributed by atoms with van der Waals surface area (Å²) in [5.41, 5.74) is 2.64. The second-order valence-electron chi connectivity index (χ2n) is 5.13. The minimum atomic E-state index is -0.537. The average molecular weight is 317 g/mol. The van der Waals surface area contributed by atoms with Crippen molar-refractivity contribution in [2.24, 2.45) is 0 Å². The maximum Gasteiger partial charge on any atom is 0.253 e. The molecular weight excluding hydrogens is 294 g/mol. The Morgan fingerprint density at radius 3 is 2.87 bits per heavy atom. The standard InChI is InChI=1S/C17H23N3O3/c1-4-22-10-11-23-14(3)17(21)19-15-6-5-7-16(12-15)20-13(2)8-9-18-20/h5-9,12,14H,4,10-11H2,1-3H3,(H,19,21). The van der Waals surface area contributed by atoms with Crippen LogP contribution in [0.5, 0.6) is 0 Å². The normalized spacial score (nSPS) is 12.1. The lowest BCUT2D eigenvalue weighted by Crippen LogP contribution is -2.28. The van der Waals surface area contributed by atoms with E-state index in [1.807, 2.05) is 48.9 Å². The number of anilines is 1. The summed E-state index contributed by atoms with van der Waals surface area (Å²) in [6, 6.07) is 9.47. The van der Waals surface area contributed by atoms with Crippen LogP contribution in [0.3, 0.4) is 0 Å². The van der Waals surface area contributed by atoms with Crippen LogP contribution < -0.4 is 5.32 Å². The van der Waals surface area contributed by atoms with Gasteiger partial charge in [0.15, 0.2) is 0 Å². The van der Waals surface area contributed by atoms with E-state index < -0.39 is 6.10 Å². The fourth-order valence-electron chi connectivity index (χ4n) is 2.10. The second kappa shape index (κ2) is 8.45. The number of amides is 1. The van der Waals surface area contributed by atoms with E-state index in [-0.39, 0.29) is 5.91 Å². The highest BCUT2D eigenvalue weighted by Gasteiger charge is 2.13. The van der Waals surface area contributed by atoms with E-state index in [1.54, 1.807) is 13.1 Å². The predicted octanol–water partition coefficient (Wildman–Crippen LogP) is 2.56. The van der Waals surface area contributed by atoms with Gasteiger partial charge in [-0.25, -0.2) is 4.68 Å². The average Bonchev–Trinajstić information content (AvgIpc) is 2.97. The number of ether oxygens (including phenoxy) is 2. The minimum absolute atomic E-state index is 0.184. The van der Waals surface area contributed by atoms with Crippen molar-refractivity contribution in [3.05, 3.63) is 42.2 Å². The number of benzene rings is 1. The van der Waals surface area contributed by atoms with Gasteiger partial charge in [-0.15, -0.1) is 0 Å². The largest absolute Gasteiger partial charge is 0.379 e. The summed E-state index contributed by atoms with van der Waals surface area (Å²) >= 11 is 0. The van der Waals surface area contributed by atoms with E-state index in [1.165, 1.54) is 0 Å². The molecule has 2 rings (SSSR count). The fraction of sp³-hybridized carbons (Fsp3) is 0.412. The first kappa shape index (κ1) is 17.2. The third-order valence-corrected chi connectivity index (χ3v) is 3.36. The first-order chi connectivity index (χ1) is 11.1. The van der Waals surface area contributed by atoms with Gasteiger partial charge >= 0.3 is 0 Å². The van der Waals surface area contributed by atoms with Crippen molar-refractivity contribution in [2.75, 3.05) is 25.1 Å². The molecule has 1 heterocycles. The third kappa shape index (κ3) is 4.91. The van der Waals surface area contributed by atoms with Crippen molar-refractivity contribution in [2.45, 2.75) is 26.9 Å².